The zero-order valence-electron chi connectivity index (χ0n) is 15.4. The summed E-state index contributed by atoms with van der Waals surface area (Å²) in [5.41, 5.74) is 1.41. The molecule has 7 nitrogen and oxygen atoms in total. The van der Waals surface area contributed by atoms with Gasteiger partial charge in [-0.3, -0.25) is 14.5 Å². The lowest BCUT2D eigenvalue weighted by molar-refractivity contribution is -0.117. The number of sulfonamides is 1. The second-order valence-corrected chi connectivity index (χ2v) is 8.36. The van der Waals surface area contributed by atoms with Crippen LogP contribution < -0.4 is 14.4 Å². The zero-order valence-corrected chi connectivity index (χ0v) is 16.2. The number of ether oxygens (including phenoxy) is 1. The van der Waals surface area contributed by atoms with Gasteiger partial charge in [-0.25, -0.2) is 8.42 Å². The molecule has 28 heavy (non-hydrogen) atoms. The molecule has 0 radical (unpaired) electrons. The number of hydrogen-bond donors (Lipinski definition) is 1. The van der Waals surface area contributed by atoms with Crippen LogP contribution in [0.25, 0.3) is 10.9 Å². The van der Waals surface area contributed by atoms with E-state index in [4.69, 9.17) is 4.74 Å². The first-order valence-electron chi connectivity index (χ1n) is 8.80. The maximum atomic E-state index is 13.0. The topological polar surface area (TPSA) is 88.6 Å². The number of hydrogen-bond acceptors (Lipinski definition) is 5. The first kappa shape index (κ1) is 18.2. The van der Waals surface area contributed by atoms with E-state index in [0.717, 1.165) is 5.39 Å². The number of rotatable bonds is 3. The Kier molecular flexibility index (Phi) is 4.43. The third kappa shape index (κ3) is 3.27. The van der Waals surface area contributed by atoms with Gasteiger partial charge in [0, 0.05) is 18.5 Å². The van der Waals surface area contributed by atoms with Crippen LogP contribution in [0.4, 0.5) is 11.4 Å². The van der Waals surface area contributed by atoms with E-state index in [9.17, 15) is 13.2 Å². The molecule has 144 valence electrons. The predicted octanol–water partition coefficient (Wildman–Crippen LogP) is 3.17. The lowest BCUT2D eigenvalue weighted by Crippen LogP contribution is -2.41. The molecule has 2 heterocycles. The summed E-state index contributed by atoms with van der Waals surface area (Å²) >= 11 is 0. The van der Waals surface area contributed by atoms with E-state index < -0.39 is 10.0 Å². The third-order valence-electron chi connectivity index (χ3n) is 4.56. The highest BCUT2D eigenvalue weighted by Gasteiger charge is 2.28. The largest absolute Gasteiger partial charge is 0.487 e. The Morgan fingerprint density at radius 1 is 1.21 bits per heavy atom. The molecular weight excluding hydrogens is 378 g/mol. The van der Waals surface area contributed by atoms with E-state index in [-0.39, 0.29) is 16.9 Å². The van der Waals surface area contributed by atoms with Crippen LogP contribution in [0.3, 0.4) is 0 Å². The number of anilines is 2. The van der Waals surface area contributed by atoms with Crippen molar-refractivity contribution in [3.05, 3.63) is 54.7 Å². The molecule has 3 aromatic rings. The van der Waals surface area contributed by atoms with Crippen LogP contribution in [0, 0.1) is 0 Å². The molecule has 1 N–H and O–H groups in total. The maximum Gasteiger partial charge on any atom is 0.262 e. The normalized spacial score (nSPS) is 16.4. The summed E-state index contributed by atoms with van der Waals surface area (Å²) in [6, 6.07) is 13.5. The number of benzene rings is 2. The van der Waals surface area contributed by atoms with Crippen LogP contribution in [-0.2, 0) is 14.8 Å². The van der Waals surface area contributed by atoms with E-state index >= 15 is 0 Å². The number of para-hydroxylation sites is 1. The number of carbonyl (C=O) groups excluding carboxylic acids is 1. The van der Waals surface area contributed by atoms with Gasteiger partial charge in [-0.1, -0.05) is 18.2 Å². The van der Waals surface area contributed by atoms with E-state index in [1.165, 1.54) is 24.0 Å². The Hall–Kier alpha value is -3.13. The molecular formula is C20H19N3O4S. The molecule has 1 aliphatic heterocycles. The van der Waals surface area contributed by atoms with Crippen molar-refractivity contribution in [3.63, 3.8) is 0 Å². The number of nitrogens with one attached hydrogen (secondary N) is 1. The second-order valence-electron chi connectivity index (χ2n) is 6.67. The van der Waals surface area contributed by atoms with Crippen molar-refractivity contribution in [2.24, 2.45) is 0 Å². The summed E-state index contributed by atoms with van der Waals surface area (Å²) in [7, 11) is -3.88. The number of aromatic nitrogens is 1. The molecule has 1 amide bonds. The average molecular weight is 397 g/mol. The van der Waals surface area contributed by atoms with Crippen molar-refractivity contribution in [3.8, 4) is 5.75 Å². The molecule has 1 aromatic heterocycles. The van der Waals surface area contributed by atoms with E-state index in [1.807, 2.05) is 19.1 Å². The maximum absolute atomic E-state index is 13.0. The molecule has 1 atom stereocenters. The molecule has 0 spiro atoms. The first-order valence-corrected chi connectivity index (χ1v) is 10.3. The van der Waals surface area contributed by atoms with Crippen molar-refractivity contribution < 1.29 is 17.9 Å². The van der Waals surface area contributed by atoms with Gasteiger partial charge < -0.3 is 9.64 Å². The van der Waals surface area contributed by atoms with Crippen LogP contribution in [0.15, 0.2) is 59.6 Å². The lowest BCUT2D eigenvalue weighted by Gasteiger charge is -2.33. The molecule has 1 aliphatic rings. The minimum Gasteiger partial charge on any atom is -0.487 e. The van der Waals surface area contributed by atoms with Crippen molar-refractivity contribution >= 4 is 38.2 Å². The lowest BCUT2D eigenvalue weighted by atomic mass is 10.2. The average Bonchev–Trinajstić information content (AvgIpc) is 2.67. The van der Waals surface area contributed by atoms with Gasteiger partial charge in [-0.2, -0.15) is 0 Å². The molecule has 0 fully saturated rings. The van der Waals surface area contributed by atoms with Gasteiger partial charge in [-0.15, -0.1) is 0 Å². The number of amides is 1. The molecule has 0 bridgehead atoms. The quantitative estimate of drug-likeness (QED) is 0.733. The highest BCUT2D eigenvalue weighted by molar-refractivity contribution is 7.92. The second kappa shape index (κ2) is 6.79. The van der Waals surface area contributed by atoms with Crippen molar-refractivity contribution in [1.82, 2.24) is 4.98 Å². The summed E-state index contributed by atoms with van der Waals surface area (Å²) in [6.07, 6.45) is 1.45. The number of pyridine rings is 1. The zero-order chi connectivity index (χ0) is 19.9. The minimum atomic E-state index is -3.88. The molecule has 0 aliphatic carbocycles. The van der Waals surface area contributed by atoms with Crippen molar-refractivity contribution in [2.75, 3.05) is 16.2 Å². The summed E-state index contributed by atoms with van der Waals surface area (Å²) in [4.78, 5) is 17.9. The summed E-state index contributed by atoms with van der Waals surface area (Å²) in [5.74, 6) is 0.317. The fourth-order valence-corrected chi connectivity index (χ4v) is 4.36. The van der Waals surface area contributed by atoms with Crippen LogP contribution in [0.2, 0.25) is 0 Å². The van der Waals surface area contributed by atoms with E-state index in [0.29, 0.717) is 29.2 Å². The molecule has 4 rings (SSSR count). The predicted molar refractivity (Wildman–Crippen MR) is 107 cm³/mol. The number of nitrogens with zero attached hydrogens (tertiary/aromatic N) is 2. The van der Waals surface area contributed by atoms with E-state index in [1.54, 1.807) is 30.5 Å². The van der Waals surface area contributed by atoms with Crippen LogP contribution in [-0.4, -0.2) is 32.0 Å². The van der Waals surface area contributed by atoms with Gasteiger partial charge in [0.05, 0.1) is 28.3 Å². The Morgan fingerprint density at radius 2 is 2.00 bits per heavy atom. The fourth-order valence-electron chi connectivity index (χ4n) is 3.27. The van der Waals surface area contributed by atoms with Crippen molar-refractivity contribution in [2.45, 2.75) is 24.8 Å². The Balaban J connectivity index is 1.74. The minimum absolute atomic E-state index is 0.0450. The van der Waals surface area contributed by atoms with Crippen LogP contribution >= 0.6 is 0 Å². The molecule has 8 heteroatoms. The molecule has 0 saturated heterocycles. The smallest absolute Gasteiger partial charge is 0.262 e. The van der Waals surface area contributed by atoms with Gasteiger partial charge in [0.1, 0.15) is 11.9 Å². The molecule has 2 aromatic carbocycles. The van der Waals surface area contributed by atoms with Crippen LogP contribution in [0.1, 0.15) is 13.8 Å². The number of fused-ring (bicyclic) bond motifs is 2. The highest BCUT2D eigenvalue weighted by atomic mass is 32.2. The van der Waals surface area contributed by atoms with Gasteiger partial charge >= 0.3 is 0 Å². The fraction of sp³-hybridized carbons (Fsp3) is 0.200. The number of carbonyl (C=O) groups is 1. The standard InChI is InChI=1S/C20H19N3O4S/c1-13-12-23(14(2)24)18-11-16(8-9-19(18)27-13)28(25,26)22-17-7-3-5-15-6-4-10-21-20(15)17/h3-11,13,22H,12H2,1-2H3. The van der Waals surface area contributed by atoms with Gasteiger partial charge in [-0.05, 0) is 37.3 Å². The summed E-state index contributed by atoms with van der Waals surface area (Å²) < 4.78 is 34.3. The Morgan fingerprint density at radius 3 is 2.79 bits per heavy atom. The van der Waals surface area contributed by atoms with Crippen LogP contribution in [0.5, 0.6) is 5.75 Å². The van der Waals surface area contributed by atoms with Gasteiger partial charge in [0.2, 0.25) is 5.91 Å². The van der Waals surface area contributed by atoms with Gasteiger partial charge in [0.15, 0.2) is 0 Å². The highest BCUT2D eigenvalue weighted by Crippen LogP contribution is 2.36. The third-order valence-corrected chi connectivity index (χ3v) is 5.92. The van der Waals surface area contributed by atoms with E-state index in [2.05, 4.69) is 9.71 Å². The Labute approximate surface area is 163 Å². The molecule has 0 saturated carbocycles. The SMILES string of the molecule is CC(=O)N1CC(C)Oc2ccc(S(=O)(=O)Nc3cccc4cccnc34)cc21. The summed E-state index contributed by atoms with van der Waals surface area (Å²) in [5, 5.41) is 0.832. The van der Waals surface area contributed by atoms with Gasteiger partial charge in [0.25, 0.3) is 10.0 Å². The molecule has 1 unspecified atom stereocenters. The Bertz CT molecular complexity index is 1170. The first-order chi connectivity index (χ1) is 13.3. The van der Waals surface area contributed by atoms with Crippen molar-refractivity contribution in [1.29, 1.82) is 0 Å². The monoisotopic (exact) mass is 397 g/mol. The summed E-state index contributed by atoms with van der Waals surface area (Å²) in [6.45, 7) is 3.67.